The van der Waals surface area contributed by atoms with Gasteiger partial charge in [-0.15, -0.1) is 0 Å². The van der Waals surface area contributed by atoms with E-state index in [9.17, 15) is 14.4 Å². The number of hydrogen-bond acceptors (Lipinski definition) is 5. The summed E-state index contributed by atoms with van der Waals surface area (Å²) in [7, 11) is 0. The Bertz CT molecular complexity index is 802. The summed E-state index contributed by atoms with van der Waals surface area (Å²) >= 11 is 3.27. The Hall–Kier alpha value is -2.22. The number of nitrogens with one attached hydrogen (secondary N) is 1. The molecule has 3 rings (SSSR count). The molecule has 0 saturated carbocycles. The molecule has 21 heavy (non-hydrogen) atoms. The molecule has 0 spiro atoms. The van der Waals surface area contributed by atoms with Crippen LogP contribution in [0.5, 0.6) is 5.88 Å². The quantitative estimate of drug-likeness (QED) is 0.802. The Kier molecular flexibility index (Phi) is 3.46. The molecule has 0 radical (unpaired) electrons. The molecule has 2 amide bonds. The largest absolute Gasteiger partial charge is 0.464 e. The number of amides is 2. The third-order valence-corrected chi connectivity index (χ3v) is 3.52. The number of ether oxygens (including phenoxy) is 1. The first-order valence-electron chi connectivity index (χ1n) is 6.22. The average molecular weight is 352 g/mol. The molecular formula is C13H10BrN3O4. The van der Waals surface area contributed by atoms with Gasteiger partial charge >= 0.3 is 0 Å². The van der Waals surface area contributed by atoms with Gasteiger partial charge in [-0.3, -0.25) is 24.1 Å². The molecule has 1 unspecified atom stereocenters. The van der Waals surface area contributed by atoms with Crippen molar-refractivity contribution in [1.82, 2.24) is 14.7 Å². The van der Waals surface area contributed by atoms with Crippen molar-refractivity contribution in [1.29, 1.82) is 0 Å². The van der Waals surface area contributed by atoms with E-state index in [0.717, 1.165) is 4.47 Å². The van der Waals surface area contributed by atoms with Crippen LogP contribution in [0.1, 0.15) is 12.8 Å². The second-order valence-electron chi connectivity index (χ2n) is 4.57. The fraction of sp³-hybridized carbons (Fsp3) is 0.231. The first-order chi connectivity index (χ1) is 10.0. The normalized spacial score (nSPS) is 18.6. The number of piperidine rings is 1. The minimum Gasteiger partial charge on any atom is -0.464 e. The van der Waals surface area contributed by atoms with E-state index in [1.807, 2.05) is 0 Å². The lowest BCUT2D eigenvalue weighted by molar-refractivity contribution is -0.139. The van der Waals surface area contributed by atoms with Gasteiger partial charge in [0, 0.05) is 23.5 Å². The Labute approximate surface area is 127 Å². The number of nitrogens with zero attached hydrogens (tertiary/aromatic N) is 2. The SMILES string of the molecule is O=C1CCC(Oc2cc(=O)n3cc(Br)ccc3n2)C(=O)N1. The number of aromatic nitrogens is 2. The molecule has 0 bridgehead atoms. The van der Waals surface area contributed by atoms with Crippen molar-refractivity contribution >= 4 is 33.4 Å². The molecule has 1 atom stereocenters. The van der Waals surface area contributed by atoms with Crippen LogP contribution in [0.4, 0.5) is 0 Å². The van der Waals surface area contributed by atoms with Crippen LogP contribution in [-0.4, -0.2) is 27.3 Å². The van der Waals surface area contributed by atoms with Crippen LogP contribution in [0, 0.1) is 0 Å². The van der Waals surface area contributed by atoms with Crippen LogP contribution < -0.4 is 15.6 Å². The Morgan fingerprint density at radius 3 is 2.90 bits per heavy atom. The monoisotopic (exact) mass is 351 g/mol. The summed E-state index contributed by atoms with van der Waals surface area (Å²) in [6, 6.07) is 4.61. The van der Waals surface area contributed by atoms with E-state index in [4.69, 9.17) is 4.74 Å². The Morgan fingerprint density at radius 2 is 2.14 bits per heavy atom. The highest BCUT2D eigenvalue weighted by atomic mass is 79.9. The molecule has 1 fully saturated rings. The number of carbonyl (C=O) groups is 2. The van der Waals surface area contributed by atoms with Gasteiger partial charge in [-0.1, -0.05) is 0 Å². The van der Waals surface area contributed by atoms with Crippen LogP contribution in [0.2, 0.25) is 0 Å². The van der Waals surface area contributed by atoms with E-state index >= 15 is 0 Å². The van der Waals surface area contributed by atoms with E-state index in [1.54, 1.807) is 18.3 Å². The first-order valence-corrected chi connectivity index (χ1v) is 7.01. The number of rotatable bonds is 2. The standard InChI is InChI=1S/C13H10BrN3O4/c14-7-1-3-9-15-11(5-12(19)17(9)6-7)21-8-2-4-10(18)16-13(8)20/h1,3,5-6,8H,2,4H2,(H,16,18,20). The van der Waals surface area contributed by atoms with Crippen LogP contribution in [0.15, 0.2) is 33.7 Å². The van der Waals surface area contributed by atoms with Crippen LogP contribution in [0.25, 0.3) is 5.65 Å². The molecular weight excluding hydrogens is 342 g/mol. The molecule has 108 valence electrons. The predicted molar refractivity (Wildman–Crippen MR) is 76.0 cm³/mol. The summed E-state index contributed by atoms with van der Waals surface area (Å²) in [6.45, 7) is 0. The third kappa shape index (κ3) is 2.80. The van der Waals surface area contributed by atoms with Crippen LogP contribution in [-0.2, 0) is 9.59 Å². The smallest absolute Gasteiger partial charge is 0.267 e. The molecule has 0 aromatic carbocycles. The molecule has 3 heterocycles. The number of hydrogen-bond donors (Lipinski definition) is 1. The average Bonchev–Trinajstić information content (AvgIpc) is 2.43. The summed E-state index contributed by atoms with van der Waals surface area (Å²) in [5.74, 6) is -0.767. The Balaban J connectivity index is 1.91. The second kappa shape index (κ2) is 5.28. The molecule has 1 saturated heterocycles. The van der Waals surface area contributed by atoms with Gasteiger partial charge in [-0.25, -0.2) is 0 Å². The van der Waals surface area contributed by atoms with E-state index in [-0.39, 0.29) is 30.2 Å². The van der Waals surface area contributed by atoms with Crippen molar-refractivity contribution in [2.45, 2.75) is 18.9 Å². The lowest BCUT2D eigenvalue weighted by Gasteiger charge is -2.21. The molecule has 1 aliphatic rings. The van der Waals surface area contributed by atoms with Crippen molar-refractivity contribution in [3.05, 3.63) is 39.2 Å². The molecule has 7 nitrogen and oxygen atoms in total. The van der Waals surface area contributed by atoms with Crippen molar-refractivity contribution in [3.8, 4) is 5.88 Å². The highest BCUT2D eigenvalue weighted by Gasteiger charge is 2.28. The maximum atomic E-state index is 12.0. The van der Waals surface area contributed by atoms with E-state index in [2.05, 4.69) is 26.2 Å². The Morgan fingerprint density at radius 1 is 1.33 bits per heavy atom. The van der Waals surface area contributed by atoms with E-state index < -0.39 is 12.0 Å². The summed E-state index contributed by atoms with van der Waals surface area (Å²) in [6.07, 6.45) is 1.26. The summed E-state index contributed by atoms with van der Waals surface area (Å²) < 4.78 is 7.55. The van der Waals surface area contributed by atoms with Gasteiger partial charge in [-0.05, 0) is 28.1 Å². The van der Waals surface area contributed by atoms with E-state index in [0.29, 0.717) is 5.65 Å². The fourth-order valence-corrected chi connectivity index (χ4v) is 2.38. The maximum absolute atomic E-state index is 12.0. The fourth-order valence-electron chi connectivity index (χ4n) is 2.05. The van der Waals surface area contributed by atoms with Gasteiger partial charge in [-0.2, -0.15) is 4.98 Å². The topological polar surface area (TPSA) is 89.8 Å². The highest BCUT2D eigenvalue weighted by molar-refractivity contribution is 9.10. The molecule has 8 heteroatoms. The molecule has 2 aromatic heterocycles. The maximum Gasteiger partial charge on any atom is 0.267 e. The van der Waals surface area contributed by atoms with Gasteiger partial charge in [0.1, 0.15) is 5.65 Å². The number of carbonyl (C=O) groups excluding carboxylic acids is 2. The van der Waals surface area contributed by atoms with Crippen LogP contribution in [0.3, 0.4) is 0 Å². The minimum atomic E-state index is -0.813. The van der Waals surface area contributed by atoms with Gasteiger partial charge < -0.3 is 4.74 Å². The van der Waals surface area contributed by atoms with E-state index in [1.165, 1.54) is 10.5 Å². The van der Waals surface area contributed by atoms with Crippen molar-refractivity contribution in [3.63, 3.8) is 0 Å². The van der Waals surface area contributed by atoms with Gasteiger partial charge in [0.25, 0.3) is 11.5 Å². The minimum absolute atomic E-state index is 0.0665. The summed E-state index contributed by atoms with van der Waals surface area (Å²) in [5.41, 5.74) is 0.0941. The molecule has 0 aliphatic carbocycles. The van der Waals surface area contributed by atoms with Crippen molar-refractivity contribution in [2.24, 2.45) is 0 Å². The first kappa shape index (κ1) is 13.7. The molecule has 2 aromatic rings. The number of imide groups is 1. The number of pyridine rings is 1. The zero-order valence-electron chi connectivity index (χ0n) is 10.7. The van der Waals surface area contributed by atoms with Gasteiger partial charge in [0.15, 0.2) is 6.10 Å². The van der Waals surface area contributed by atoms with Crippen LogP contribution >= 0.6 is 15.9 Å². The van der Waals surface area contributed by atoms with Crippen molar-refractivity contribution < 1.29 is 14.3 Å². The molecule has 1 N–H and O–H groups in total. The summed E-state index contributed by atoms with van der Waals surface area (Å²) in [5, 5.41) is 2.19. The number of fused-ring (bicyclic) bond motifs is 1. The lowest BCUT2D eigenvalue weighted by Crippen LogP contribution is -2.46. The van der Waals surface area contributed by atoms with Gasteiger partial charge in [0.05, 0.1) is 6.07 Å². The summed E-state index contributed by atoms with van der Waals surface area (Å²) in [4.78, 5) is 38.9. The highest BCUT2D eigenvalue weighted by Crippen LogP contribution is 2.15. The van der Waals surface area contributed by atoms with Crippen molar-refractivity contribution in [2.75, 3.05) is 0 Å². The second-order valence-corrected chi connectivity index (χ2v) is 5.48. The zero-order chi connectivity index (χ0) is 15.0. The lowest BCUT2D eigenvalue weighted by atomic mass is 10.1. The van der Waals surface area contributed by atoms with Gasteiger partial charge in [0.2, 0.25) is 11.8 Å². The molecule has 1 aliphatic heterocycles. The number of halogens is 1. The third-order valence-electron chi connectivity index (χ3n) is 3.05. The predicted octanol–water partition coefficient (Wildman–Crippen LogP) is 0.641. The zero-order valence-corrected chi connectivity index (χ0v) is 12.3.